The summed E-state index contributed by atoms with van der Waals surface area (Å²) in [5, 5.41) is 33.1. The highest BCUT2D eigenvalue weighted by atomic mass is 35.5. The van der Waals surface area contributed by atoms with E-state index in [1.807, 2.05) is 123 Å². The van der Waals surface area contributed by atoms with Crippen LogP contribution in [0.5, 0.6) is 11.5 Å². The number of aryl methyl sites for hydroxylation is 2. The average Bonchev–Trinajstić information content (AvgIpc) is 1.67. The van der Waals surface area contributed by atoms with E-state index in [0.29, 0.717) is 109 Å². The van der Waals surface area contributed by atoms with Crippen LogP contribution in [-0.4, -0.2) is 256 Å². The first kappa shape index (κ1) is 102. The number of aliphatic hydroxyl groups is 2. The predicted octanol–water partition coefficient (Wildman–Crippen LogP) is 13.4. The lowest BCUT2D eigenvalue weighted by Gasteiger charge is -2.35. The van der Waals surface area contributed by atoms with Gasteiger partial charge >= 0.3 is 18.2 Å². The Labute approximate surface area is 821 Å². The van der Waals surface area contributed by atoms with Crippen LogP contribution < -0.4 is 40.5 Å². The number of alkyl halides is 1. The molecule has 32 nitrogen and oxygen atoms in total. The van der Waals surface area contributed by atoms with Gasteiger partial charge in [0.05, 0.1) is 11.4 Å². The number of ether oxygens (including phenoxy) is 3. The van der Waals surface area contributed by atoms with E-state index in [4.69, 9.17) is 30.8 Å². The fourth-order valence-electron chi connectivity index (χ4n) is 17.1. The molecule has 33 heteroatoms. The summed E-state index contributed by atoms with van der Waals surface area (Å²) >= 11 is 5.66. The van der Waals surface area contributed by atoms with Gasteiger partial charge in [0.2, 0.25) is 23.7 Å². The van der Waals surface area contributed by atoms with Crippen molar-refractivity contribution in [3.8, 4) is 57.7 Å². The summed E-state index contributed by atoms with van der Waals surface area (Å²) in [5.41, 5.74) is 11.2. The molecular weight excluding hydrogens is 1800 g/mol. The Morgan fingerprint density at radius 1 is 0.557 bits per heavy atom. The number of urea groups is 2. The fourth-order valence-corrected chi connectivity index (χ4v) is 17.3. The van der Waals surface area contributed by atoms with Crippen LogP contribution in [0.25, 0.3) is 22.5 Å². The van der Waals surface area contributed by atoms with E-state index in [2.05, 4.69) is 96.7 Å². The minimum atomic E-state index is -1.14. The molecule has 16 rings (SSSR count). The number of nitrogens with zero attached hydrogens (tertiary/aromatic N) is 14. The van der Waals surface area contributed by atoms with Gasteiger partial charge in [0.25, 0.3) is 11.8 Å². The lowest BCUT2D eigenvalue weighted by Crippen LogP contribution is -2.57. The van der Waals surface area contributed by atoms with Crippen molar-refractivity contribution in [2.24, 2.45) is 0 Å². The second-order valence-electron chi connectivity index (χ2n) is 36.7. The first-order valence-electron chi connectivity index (χ1n) is 47.3. The van der Waals surface area contributed by atoms with Gasteiger partial charge in [-0.3, -0.25) is 63.7 Å². The van der Waals surface area contributed by atoms with Gasteiger partial charge in [0, 0.05) is 205 Å². The van der Waals surface area contributed by atoms with Gasteiger partial charge in [-0.25, -0.2) is 34.3 Å². The molecule has 6 aliphatic heterocycles. The van der Waals surface area contributed by atoms with Gasteiger partial charge in [-0.15, -0.1) is 11.6 Å². The Balaban J connectivity index is 0.000000180. The molecule has 140 heavy (non-hydrogen) atoms. The van der Waals surface area contributed by atoms with E-state index in [1.54, 1.807) is 125 Å². The summed E-state index contributed by atoms with van der Waals surface area (Å²) in [5.74, 6) is 12.2. The number of carbonyl (C=O) groups is 9. The molecule has 728 valence electrons. The number of piperazine rings is 2. The molecular formula is C107H119ClN18O14. The number of aromatic nitrogens is 6. The molecule has 6 fully saturated rings. The molecule has 10 aromatic rings. The number of nitrogens with one attached hydrogen (secondary N) is 4. The third-order valence-corrected chi connectivity index (χ3v) is 24.9. The van der Waals surface area contributed by atoms with E-state index >= 15 is 0 Å². The highest BCUT2D eigenvalue weighted by Crippen LogP contribution is 2.33. The molecule has 6 aromatic carbocycles. The van der Waals surface area contributed by atoms with Crippen LogP contribution in [0.3, 0.4) is 0 Å². The minimum absolute atomic E-state index is 0.0451. The number of benzene rings is 6. The molecule has 10 heterocycles. The molecule has 4 atom stereocenters. The fraction of sp³-hybridized carbons (Fsp3) is 0.374. The van der Waals surface area contributed by atoms with Gasteiger partial charge in [-0.1, -0.05) is 78.3 Å². The third-order valence-electron chi connectivity index (χ3n) is 24.7. The van der Waals surface area contributed by atoms with Gasteiger partial charge in [-0.2, -0.15) is 4.90 Å². The first-order valence-corrected chi connectivity index (χ1v) is 47.8. The van der Waals surface area contributed by atoms with Crippen LogP contribution in [0.1, 0.15) is 146 Å². The summed E-state index contributed by atoms with van der Waals surface area (Å²) in [6, 6.07) is 51.0. The number of pyridine rings is 2. The first-order chi connectivity index (χ1) is 67.4. The van der Waals surface area contributed by atoms with Gasteiger partial charge in [0.15, 0.2) is 5.78 Å². The van der Waals surface area contributed by atoms with Crippen LogP contribution >= 0.6 is 11.6 Å². The Morgan fingerprint density at radius 2 is 1.11 bits per heavy atom. The number of piperidine rings is 2. The number of Topliss-reactive ketones (excluding diaryl/α,β-unsaturated/α-hetero) is 1. The Kier molecular flexibility index (Phi) is 34.8. The maximum Gasteiger partial charge on any atom is 0.424 e. The molecule has 6 aliphatic rings. The normalized spacial score (nSPS) is 17.3. The molecule has 6 saturated heterocycles. The molecule has 4 unspecified atom stereocenters. The molecule has 0 aliphatic carbocycles. The highest BCUT2D eigenvalue weighted by Gasteiger charge is 2.47. The average molecular weight is 1920 g/mol. The molecule has 0 saturated carbocycles. The largest absolute Gasteiger partial charge is 0.481 e. The maximum absolute atomic E-state index is 13.3. The number of hydrogen-bond acceptors (Lipinski definition) is 25. The standard InChI is InChI=1S/C51H55N9O6.C29H30N6O.C27H34ClN3O7/c1-36-32-38(9-16-43(36)54-49-53-23-19-44(55-49)40-6-3-22-52-34-40)33-46(61)39-10-7-37(8-11-39)35-58-27-25-57(26-28-58)24-4-20-51(2,65)21-5-31-66-42-14-12-41(13-15-42)59-29-30-60(50(59)64)45-17-18-47(62)56-48(45)63;1-21-17-26(33-29(36)23-6-4-22(5-7-23)20-35-15-13-30-14-16-35)9-8-24(21)18-28-32-12-10-27(34-28)25-3-2-11-31-19-25;1-26(2,3)38-25(35)31-22(32)12-11-21(23(31)33)30-17-16-29(24(30)34)19-7-9-20(10-8-19)37-18-6-14-27(4,36)13-5-15-28/h3,6-16,19,22-23,32,34,45,65H,4,17-18,20,24-31,33,35H2,1-2H3,(H,53,54,55)(H,56,62,63);2-12,17,19,30H,13-16,18,20H2,1H3,(H,33,36);7-10,21,36H,5,11-13,15-18H2,1-4H3. The maximum atomic E-state index is 13.3. The van der Waals surface area contributed by atoms with Crippen molar-refractivity contribution in [2.45, 2.75) is 155 Å². The van der Waals surface area contributed by atoms with Crippen molar-refractivity contribution >= 4 is 93.8 Å². The predicted molar refractivity (Wildman–Crippen MR) is 534 cm³/mol. The topological polar surface area (TPSA) is 373 Å². The van der Waals surface area contributed by atoms with Crippen molar-refractivity contribution in [2.75, 3.05) is 125 Å². The van der Waals surface area contributed by atoms with E-state index in [0.717, 1.165) is 140 Å². The number of rotatable bonds is 30. The molecule has 10 amide bonds. The number of anilines is 5. The van der Waals surface area contributed by atoms with Crippen LogP contribution in [0.15, 0.2) is 207 Å². The van der Waals surface area contributed by atoms with Crippen LogP contribution in [-0.2, 0) is 49.8 Å². The second kappa shape index (κ2) is 47.9. The monoisotopic (exact) mass is 1910 g/mol. The van der Waals surface area contributed by atoms with Crippen molar-refractivity contribution < 1.29 is 67.6 Å². The quantitative estimate of drug-likeness (QED) is 0.0105. The summed E-state index contributed by atoms with van der Waals surface area (Å²) in [7, 11) is 0. The molecule has 4 aromatic heterocycles. The summed E-state index contributed by atoms with van der Waals surface area (Å²) in [6.45, 7) is 24.5. The van der Waals surface area contributed by atoms with E-state index in [9.17, 15) is 53.4 Å². The lowest BCUT2D eigenvalue weighted by atomic mass is 10.00. The second-order valence-corrected chi connectivity index (χ2v) is 37.1. The summed E-state index contributed by atoms with van der Waals surface area (Å²) in [4.78, 5) is 154. The minimum Gasteiger partial charge on any atom is -0.481 e. The Hall–Kier alpha value is -14.2. The molecule has 6 N–H and O–H groups in total. The number of halogens is 1. The number of ketones is 1. The number of carbonyl (C=O) groups excluding carboxylic acids is 9. The zero-order valence-electron chi connectivity index (χ0n) is 80.0. The van der Waals surface area contributed by atoms with Crippen molar-refractivity contribution in [1.29, 1.82) is 0 Å². The Morgan fingerprint density at radius 3 is 1.67 bits per heavy atom. The molecule has 0 bridgehead atoms. The molecule has 0 spiro atoms. The number of amides is 10. The number of hydrogen-bond donors (Lipinski definition) is 6. The van der Waals surface area contributed by atoms with Gasteiger partial charge in [0.1, 0.15) is 59.4 Å². The van der Waals surface area contributed by atoms with E-state index in [-0.39, 0.29) is 68.7 Å². The number of imide groups is 4. The third kappa shape index (κ3) is 28.7. The smallest absolute Gasteiger partial charge is 0.424 e. The van der Waals surface area contributed by atoms with E-state index in [1.165, 1.54) is 25.8 Å². The van der Waals surface area contributed by atoms with Crippen LogP contribution in [0.2, 0.25) is 0 Å². The van der Waals surface area contributed by atoms with Gasteiger partial charge < -0.3 is 55.1 Å². The number of likely N-dealkylation sites (tertiary alicyclic amines) is 1. The van der Waals surface area contributed by atoms with Crippen molar-refractivity contribution in [3.63, 3.8) is 0 Å². The zero-order valence-corrected chi connectivity index (χ0v) is 80.8. The van der Waals surface area contributed by atoms with Crippen molar-refractivity contribution in [3.05, 3.63) is 257 Å². The van der Waals surface area contributed by atoms with Crippen LogP contribution in [0.4, 0.5) is 43.1 Å². The Bertz CT molecular complexity index is 6160. The highest BCUT2D eigenvalue weighted by molar-refractivity contribution is 6.18. The lowest BCUT2D eigenvalue weighted by molar-refractivity contribution is -0.150. The zero-order chi connectivity index (χ0) is 98.9. The van der Waals surface area contributed by atoms with Crippen LogP contribution in [0, 0.1) is 37.5 Å². The van der Waals surface area contributed by atoms with Gasteiger partial charge in [-0.05, 0) is 242 Å². The summed E-state index contributed by atoms with van der Waals surface area (Å²) < 4.78 is 16.6. The van der Waals surface area contributed by atoms with Crippen molar-refractivity contribution in [1.82, 2.24) is 69.9 Å². The van der Waals surface area contributed by atoms with E-state index < -0.39 is 52.7 Å². The summed E-state index contributed by atoms with van der Waals surface area (Å²) in [6.07, 6.45) is 13.6. The molecule has 0 radical (unpaired) electrons. The SMILES string of the molecule is CC(O)(C#CCOc1ccc(N2CCN(C3CCC(=O)N(C(=O)OC(C)(C)C)C3=O)C2=O)cc1)CCCCl.Cc1cc(CC(=O)c2ccc(CN3CCN(CCCC(C)(O)C#CCOc4ccc(N5CCN(C6CCC(=O)NC6=O)C5=O)cc4)CC3)cc2)ccc1Nc1nccc(-c2cccnc2)n1.Cc1cc(NC(=O)c2ccc(CN3CCNCC3)cc2)ccc1Cc1nccc(-c2cccnc2)n1.